The molecule has 2 amide bonds. The number of nitrogens with one attached hydrogen (secondary N) is 1. The van der Waals surface area contributed by atoms with Crippen molar-refractivity contribution in [3.63, 3.8) is 0 Å². The Kier molecular flexibility index (Phi) is 5.58. The number of amidine groups is 1. The fourth-order valence-electron chi connectivity index (χ4n) is 2.43. The largest absolute Gasteiger partial charge is 0.497 e. The molecule has 1 N–H and O–H groups in total. The Hall–Kier alpha value is -2.80. The lowest BCUT2D eigenvalue weighted by molar-refractivity contribution is -0.128. The molecule has 0 unspecified atom stereocenters. The third-order valence-electron chi connectivity index (χ3n) is 3.88. The monoisotopic (exact) mass is 369 g/mol. The zero-order valence-corrected chi connectivity index (χ0v) is 15.3. The molecule has 2 aromatic carbocycles. The average Bonchev–Trinajstić information content (AvgIpc) is 2.66. The van der Waals surface area contributed by atoms with Gasteiger partial charge in [0.25, 0.3) is 0 Å². The van der Waals surface area contributed by atoms with Crippen LogP contribution in [0.2, 0.25) is 0 Å². The number of nitrogens with zero attached hydrogens (tertiary/aromatic N) is 2. The van der Waals surface area contributed by atoms with Crippen LogP contribution in [0.1, 0.15) is 6.42 Å². The molecule has 3 rings (SSSR count). The van der Waals surface area contributed by atoms with Crippen molar-refractivity contribution in [2.24, 2.45) is 4.99 Å². The van der Waals surface area contributed by atoms with Crippen LogP contribution in [0.15, 0.2) is 59.6 Å². The topological polar surface area (TPSA) is 71.0 Å². The van der Waals surface area contributed by atoms with Crippen LogP contribution >= 0.6 is 11.8 Å². The smallest absolute Gasteiger partial charge is 0.238 e. The van der Waals surface area contributed by atoms with E-state index >= 15 is 0 Å². The minimum atomic E-state index is -0.535. The van der Waals surface area contributed by atoms with Crippen molar-refractivity contribution in [2.45, 2.75) is 11.7 Å². The van der Waals surface area contributed by atoms with Gasteiger partial charge in [-0.3, -0.25) is 14.5 Å². The molecule has 0 spiro atoms. The number of anilines is 1. The molecule has 0 aliphatic carbocycles. The van der Waals surface area contributed by atoms with Crippen LogP contribution in [0.4, 0.5) is 11.4 Å². The summed E-state index contributed by atoms with van der Waals surface area (Å²) < 4.78 is 5.16. The quantitative estimate of drug-likeness (QED) is 0.898. The number of rotatable bonds is 4. The second-order valence-electron chi connectivity index (χ2n) is 5.71. The Morgan fingerprint density at radius 2 is 2.00 bits per heavy atom. The van der Waals surface area contributed by atoms with Gasteiger partial charge in [0.05, 0.1) is 12.8 Å². The first-order chi connectivity index (χ1) is 12.6. The van der Waals surface area contributed by atoms with Gasteiger partial charge in [0.1, 0.15) is 11.0 Å². The van der Waals surface area contributed by atoms with Crippen molar-refractivity contribution in [3.05, 3.63) is 54.6 Å². The Labute approximate surface area is 156 Å². The summed E-state index contributed by atoms with van der Waals surface area (Å²) in [4.78, 5) is 30.9. The van der Waals surface area contributed by atoms with E-state index < -0.39 is 5.25 Å². The van der Waals surface area contributed by atoms with Crippen molar-refractivity contribution in [3.8, 4) is 5.75 Å². The summed E-state index contributed by atoms with van der Waals surface area (Å²) in [6.07, 6.45) is 0.130. The lowest BCUT2D eigenvalue weighted by Gasteiger charge is -2.28. The Bertz CT molecular complexity index is 839. The maximum absolute atomic E-state index is 12.6. The molecule has 1 aliphatic rings. The van der Waals surface area contributed by atoms with Gasteiger partial charge in [0, 0.05) is 25.2 Å². The molecular weight excluding hydrogens is 350 g/mol. The minimum absolute atomic E-state index is 0.130. The molecule has 26 heavy (non-hydrogen) atoms. The first kappa shape index (κ1) is 18.0. The fourth-order valence-corrected chi connectivity index (χ4v) is 3.50. The number of hydrogen-bond acceptors (Lipinski definition) is 5. The maximum atomic E-state index is 12.6. The summed E-state index contributed by atoms with van der Waals surface area (Å²) in [5.74, 6) is 0.288. The highest BCUT2D eigenvalue weighted by Gasteiger charge is 2.34. The van der Waals surface area contributed by atoms with E-state index in [-0.39, 0.29) is 18.2 Å². The van der Waals surface area contributed by atoms with Gasteiger partial charge in [-0.1, -0.05) is 36.0 Å². The zero-order chi connectivity index (χ0) is 18.5. The number of carbonyl (C=O) groups excluding carboxylic acids is 2. The normalized spacial score (nSPS) is 18.7. The van der Waals surface area contributed by atoms with Crippen LogP contribution in [0.5, 0.6) is 5.75 Å². The SMILES string of the molecule is COc1cccc(NC(=O)[C@H]2CC(=O)N(C)C(=Nc3ccccc3)S2)c1. The molecule has 1 aliphatic heterocycles. The number of para-hydroxylation sites is 1. The first-order valence-corrected chi connectivity index (χ1v) is 8.96. The average molecular weight is 369 g/mol. The van der Waals surface area contributed by atoms with Crippen molar-refractivity contribution in [1.82, 2.24) is 4.90 Å². The number of hydrogen-bond donors (Lipinski definition) is 1. The van der Waals surface area contributed by atoms with Crippen LogP contribution in [0, 0.1) is 0 Å². The van der Waals surface area contributed by atoms with Crippen LogP contribution in [0.3, 0.4) is 0 Å². The number of aliphatic imine (C=N–C) groups is 1. The zero-order valence-electron chi connectivity index (χ0n) is 14.5. The molecule has 6 nitrogen and oxygen atoms in total. The van der Waals surface area contributed by atoms with Crippen molar-refractivity contribution >= 4 is 40.1 Å². The predicted molar refractivity (Wildman–Crippen MR) is 104 cm³/mol. The summed E-state index contributed by atoms with van der Waals surface area (Å²) in [5, 5.41) is 2.82. The van der Waals surface area contributed by atoms with Gasteiger partial charge in [-0.2, -0.15) is 0 Å². The predicted octanol–water partition coefficient (Wildman–Crippen LogP) is 3.29. The van der Waals surface area contributed by atoms with Gasteiger partial charge in [-0.05, 0) is 24.3 Å². The van der Waals surface area contributed by atoms with Crippen LogP contribution in [0.25, 0.3) is 0 Å². The van der Waals surface area contributed by atoms with Gasteiger partial charge in [-0.15, -0.1) is 0 Å². The number of carbonyl (C=O) groups is 2. The van der Waals surface area contributed by atoms with Crippen molar-refractivity contribution in [1.29, 1.82) is 0 Å². The lowest BCUT2D eigenvalue weighted by Crippen LogP contribution is -2.43. The fraction of sp³-hybridized carbons (Fsp3) is 0.211. The third-order valence-corrected chi connectivity index (χ3v) is 5.12. The number of thioether (sulfide) groups is 1. The molecule has 1 atom stereocenters. The van der Waals surface area contributed by atoms with Crippen molar-refractivity contribution in [2.75, 3.05) is 19.5 Å². The molecule has 0 bridgehead atoms. The summed E-state index contributed by atoms with van der Waals surface area (Å²) in [6, 6.07) is 16.5. The highest BCUT2D eigenvalue weighted by molar-refractivity contribution is 8.15. The lowest BCUT2D eigenvalue weighted by atomic mass is 10.2. The van der Waals surface area contributed by atoms with E-state index in [0.29, 0.717) is 16.6 Å². The molecule has 134 valence electrons. The van der Waals surface area contributed by atoms with Crippen LogP contribution < -0.4 is 10.1 Å². The standard InChI is InChI=1S/C19H19N3O3S/c1-22-17(23)12-16(26-19(22)21-13-7-4-3-5-8-13)18(24)20-14-9-6-10-15(11-14)25-2/h3-11,16H,12H2,1-2H3,(H,20,24)/t16-/m1/s1. The molecule has 2 aromatic rings. The van der Waals surface area contributed by atoms with Gasteiger partial charge >= 0.3 is 0 Å². The summed E-state index contributed by atoms with van der Waals surface area (Å²) in [6.45, 7) is 0. The second kappa shape index (κ2) is 8.05. The van der Waals surface area contributed by atoms with E-state index in [0.717, 1.165) is 5.69 Å². The molecule has 1 heterocycles. The highest BCUT2D eigenvalue weighted by Crippen LogP contribution is 2.29. The Balaban J connectivity index is 1.76. The maximum Gasteiger partial charge on any atom is 0.238 e. The van der Waals surface area contributed by atoms with Gasteiger partial charge in [0.15, 0.2) is 5.17 Å². The Morgan fingerprint density at radius 3 is 2.73 bits per heavy atom. The van der Waals surface area contributed by atoms with E-state index in [9.17, 15) is 9.59 Å². The van der Waals surface area contributed by atoms with Crippen LogP contribution in [-0.2, 0) is 9.59 Å². The summed E-state index contributed by atoms with van der Waals surface area (Å²) in [5.41, 5.74) is 1.37. The van der Waals surface area contributed by atoms with Gasteiger partial charge in [0.2, 0.25) is 11.8 Å². The number of methoxy groups -OCH3 is 1. The van der Waals surface area contributed by atoms with E-state index in [1.807, 2.05) is 30.3 Å². The van der Waals surface area contributed by atoms with Crippen LogP contribution in [-0.4, -0.2) is 41.3 Å². The second-order valence-corrected chi connectivity index (χ2v) is 6.88. The first-order valence-electron chi connectivity index (χ1n) is 8.08. The van der Waals surface area contributed by atoms with E-state index in [1.54, 1.807) is 38.4 Å². The number of benzene rings is 2. The molecule has 0 saturated carbocycles. The van der Waals surface area contributed by atoms with Gasteiger partial charge < -0.3 is 10.1 Å². The van der Waals surface area contributed by atoms with E-state index in [4.69, 9.17) is 4.74 Å². The van der Waals surface area contributed by atoms with E-state index in [2.05, 4.69) is 10.3 Å². The van der Waals surface area contributed by atoms with Gasteiger partial charge in [-0.25, -0.2) is 4.99 Å². The molecule has 7 heteroatoms. The third kappa shape index (κ3) is 4.23. The Morgan fingerprint density at radius 1 is 1.23 bits per heavy atom. The van der Waals surface area contributed by atoms with Crippen molar-refractivity contribution < 1.29 is 14.3 Å². The highest BCUT2D eigenvalue weighted by atomic mass is 32.2. The molecular formula is C19H19N3O3S. The molecule has 1 saturated heterocycles. The molecule has 0 radical (unpaired) electrons. The summed E-state index contributed by atoms with van der Waals surface area (Å²) >= 11 is 1.29. The number of ether oxygens (including phenoxy) is 1. The minimum Gasteiger partial charge on any atom is -0.497 e. The molecule has 1 fully saturated rings. The molecule has 0 aromatic heterocycles. The summed E-state index contributed by atoms with van der Waals surface area (Å²) in [7, 11) is 3.24. The van der Waals surface area contributed by atoms with E-state index in [1.165, 1.54) is 16.7 Å². The number of amides is 2.